The van der Waals surface area contributed by atoms with E-state index in [1.807, 2.05) is 42.5 Å². The summed E-state index contributed by atoms with van der Waals surface area (Å²) in [5.74, 6) is -1.45. The highest BCUT2D eigenvalue weighted by Gasteiger charge is 2.30. The van der Waals surface area contributed by atoms with Gasteiger partial charge in [0.1, 0.15) is 0 Å². The van der Waals surface area contributed by atoms with Gasteiger partial charge in [0.05, 0.1) is 16.6 Å². The Hall–Kier alpha value is -2.92. The number of benzene rings is 3. The molecule has 0 aromatic heterocycles. The zero-order valence-electron chi connectivity index (χ0n) is 15.7. The molecule has 0 aliphatic carbocycles. The quantitative estimate of drug-likeness (QED) is 0.651. The molecule has 0 saturated carbocycles. The largest absolute Gasteiger partial charge is 0.338 e. The molecule has 4 rings (SSSR count). The average molecular weight is 411 g/mol. The SMILES string of the molecule is O=C(Nc1cccc(Cl)c1F)C1CCCN(C(=O)c2cccc3ccccc23)C1. The second-order valence-electron chi connectivity index (χ2n) is 7.21. The third-order valence-corrected chi connectivity index (χ3v) is 5.60. The highest BCUT2D eigenvalue weighted by molar-refractivity contribution is 6.31. The van der Waals surface area contributed by atoms with Gasteiger partial charge in [-0.25, -0.2) is 4.39 Å². The van der Waals surface area contributed by atoms with E-state index in [2.05, 4.69) is 5.32 Å². The van der Waals surface area contributed by atoms with E-state index in [0.717, 1.165) is 10.8 Å². The van der Waals surface area contributed by atoms with Crippen LogP contribution in [0.2, 0.25) is 5.02 Å². The smallest absolute Gasteiger partial charge is 0.254 e. The first-order valence-electron chi connectivity index (χ1n) is 9.56. The number of piperidine rings is 1. The zero-order chi connectivity index (χ0) is 20.4. The Morgan fingerprint density at radius 2 is 1.79 bits per heavy atom. The fourth-order valence-corrected chi connectivity index (χ4v) is 3.97. The lowest BCUT2D eigenvalue weighted by Gasteiger charge is -2.32. The second kappa shape index (κ2) is 8.21. The molecule has 29 heavy (non-hydrogen) atoms. The number of anilines is 1. The summed E-state index contributed by atoms with van der Waals surface area (Å²) in [6.07, 6.45) is 1.36. The lowest BCUT2D eigenvalue weighted by Crippen LogP contribution is -2.43. The minimum Gasteiger partial charge on any atom is -0.338 e. The van der Waals surface area contributed by atoms with Crippen LogP contribution in [0.1, 0.15) is 23.2 Å². The zero-order valence-corrected chi connectivity index (χ0v) is 16.5. The number of rotatable bonds is 3. The maximum absolute atomic E-state index is 14.1. The van der Waals surface area contributed by atoms with Gasteiger partial charge in [-0.3, -0.25) is 9.59 Å². The molecule has 1 fully saturated rings. The number of fused-ring (bicyclic) bond motifs is 1. The third-order valence-electron chi connectivity index (χ3n) is 5.31. The molecule has 0 spiro atoms. The molecule has 3 aromatic carbocycles. The van der Waals surface area contributed by atoms with E-state index < -0.39 is 11.7 Å². The molecule has 1 aliphatic rings. The van der Waals surface area contributed by atoms with Crippen molar-refractivity contribution in [2.24, 2.45) is 5.92 Å². The van der Waals surface area contributed by atoms with Crippen molar-refractivity contribution in [1.29, 1.82) is 0 Å². The van der Waals surface area contributed by atoms with Gasteiger partial charge >= 0.3 is 0 Å². The van der Waals surface area contributed by atoms with Gasteiger partial charge in [-0.2, -0.15) is 0 Å². The van der Waals surface area contributed by atoms with Crippen molar-refractivity contribution in [3.63, 3.8) is 0 Å². The Labute approximate surface area is 173 Å². The summed E-state index contributed by atoms with van der Waals surface area (Å²) in [4.78, 5) is 27.6. The van der Waals surface area contributed by atoms with Crippen molar-refractivity contribution in [2.45, 2.75) is 12.8 Å². The minimum atomic E-state index is -0.651. The number of amides is 2. The van der Waals surface area contributed by atoms with Gasteiger partial charge < -0.3 is 10.2 Å². The highest BCUT2D eigenvalue weighted by Crippen LogP contribution is 2.26. The van der Waals surface area contributed by atoms with Crippen LogP contribution in [0.15, 0.2) is 60.7 Å². The number of hydrogen-bond acceptors (Lipinski definition) is 2. The fourth-order valence-electron chi connectivity index (χ4n) is 3.79. The van der Waals surface area contributed by atoms with Crippen LogP contribution in [0.25, 0.3) is 10.8 Å². The van der Waals surface area contributed by atoms with Crippen molar-refractivity contribution in [3.8, 4) is 0 Å². The summed E-state index contributed by atoms with van der Waals surface area (Å²) in [5, 5.41) is 4.47. The Kier molecular flexibility index (Phi) is 5.49. The molecule has 0 bridgehead atoms. The maximum atomic E-state index is 14.1. The van der Waals surface area contributed by atoms with Crippen LogP contribution in [-0.4, -0.2) is 29.8 Å². The summed E-state index contributed by atoms with van der Waals surface area (Å²) >= 11 is 5.78. The Bertz CT molecular complexity index is 1080. The van der Waals surface area contributed by atoms with Gasteiger partial charge in [0.15, 0.2) is 5.82 Å². The predicted molar refractivity (Wildman–Crippen MR) is 113 cm³/mol. The number of likely N-dealkylation sites (tertiary alicyclic amines) is 1. The van der Waals surface area contributed by atoms with Crippen LogP contribution in [0.5, 0.6) is 0 Å². The van der Waals surface area contributed by atoms with Gasteiger partial charge in [0, 0.05) is 18.7 Å². The number of carbonyl (C=O) groups excluding carboxylic acids is 2. The number of halogens is 2. The first-order chi connectivity index (χ1) is 14.0. The Morgan fingerprint density at radius 1 is 1.03 bits per heavy atom. The monoisotopic (exact) mass is 410 g/mol. The first kappa shape index (κ1) is 19.4. The summed E-state index contributed by atoms with van der Waals surface area (Å²) < 4.78 is 14.1. The summed E-state index contributed by atoms with van der Waals surface area (Å²) in [6, 6.07) is 17.9. The molecular weight excluding hydrogens is 391 g/mol. The average Bonchev–Trinajstić information content (AvgIpc) is 2.76. The van der Waals surface area contributed by atoms with Crippen LogP contribution in [0.3, 0.4) is 0 Å². The number of hydrogen-bond donors (Lipinski definition) is 1. The number of nitrogens with zero attached hydrogens (tertiary/aromatic N) is 1. The molecule has 1 unspecified atom stereocenters. The van der Waals surface area contributed by atoms with Crippen LogP contribution < -0.4 is 5.32 Å². The van der Waals surface area contributed by atoms with Gasteiger partial charge in [-0.15, -0.1) is 0 Å². The lowest BCUT2D eigenvalue weighted by atomic mass is 9.95. The molecule has 2 amide bonds. The standard InChI is InChI=1S/C23H20ClFN2O2/c24-19-11-4-12-20(21(19)25)26-22(28)16-8-5-13-27(14-16)23(29)18-10-3-7-15-6-1-2-9-17(15)18/h1-4,6-7,9-12,16H,5,8,13-14H2,(H,26,28). The van der Waals surface area contributed by atoms with Crippen molar-refractivity contribution in [2.75, 3.05) is 18.4 Å². The van der Waals surface area contributed by atoms with E-state index in [0.29, 0.717) is 31.5 Å². The molecule has 1 aliphatic heterocycles. The van der Waals surface area contributed by atoms with E-state index in [-0.39, 0.29) is 22.5 Å². The van der Waals surface area contributed by atoms with Crippen LogP contribution in [0.4, 0.5) is 10.1 Å². The molecule has 1 heterocycles. The molecule has 3 aromatic rings. The molecule has 4 nitrogen and oxygen atoms in total. The van der Waals surface area contributed by atoms with Crippen molar-refractivity contribution < 1.29 is 14.0 Å². The Morgan fingerprint density at radius 3 is 2.66 bits per heavy atom. The van der Waals surface area contributed by atoms with E-state index in [1.165, 1.54) is 12.1 Å². The van der Waals surface area contributed by atoms with Crippen molar-refractivity contribution in [1.82, 2.24) is 4.90 Å². The highest BCUT2D eigenvalue weighted by atomic mass is 35.5. The predicted octanol–water partition coefficient (Wildman–Crippen LogP) is 5.12. The van der Waals surface area contributed by atoms with Gasteiger partial charge in [0.2, 0.25) is 5.91 Å². The van der Waals surface area contributed by atoms with Crippen molar-refractivity contribution >= 4 is 39.9 Å². The summed E-state index contributed by atoms with van der Waals surface area (Å²) in [7, 11) is 0. The topological polar surface area (TPSA) is 49.4 Å². The lowest BCUT2D eigenvalue weighted by molar-refractivity contribution is -0.121. The van der Waals surface area contributed by atoms with Gasteiger partial charge in [-0.05, 0) is 41.8 Å². The summed E-state index contributed by atoms with van der Waals surface area (Å²) in [5.41, 5.74) is 0.685. The van der Waals surface area contributed by atoms with Crippen LogP contribution in [0, 0.1) is 11.7 Å². The summed E-state index contributed by atoms with van der Waals surface area (Å²) in [6.45, 7) is 0.896. The normalized spacial score (nSPS) is 16.6. The molecule has 1 atom stereocenters. The van der Waals surface area contributed by atoms with E-state index in [4.69, 9.17) is 11.6 Å². The molecule has 6 heteroatoms. The molecule has 1 saturated heterocycles. The van der Waals surface area contributed by atoms with E-state index in [1.54, 1.807) is 11.0 Å². The number of carbonyl (C=O) groups is 2. The third kappa shape index (κ3) is 3.96. The van der Waals surface area contributed by atoms with Crippen LogP contribution in [-0.2, 0) is 4.79 Å². The molecule has 0 radical (unpaired) electrons. The Balaban J connectivity index is 1.51. The molecular formula is C23H20ClFN2O2. The van der Waals surface area contributed by atoms with Crippen LogP contribution >= 0.6 is 11.6 Å². The molecule has 148 valence electrons. The second-order valence-corrected chi connectivity index (χ2v) is 7.61. The minimum absolute atomic E-state index is 0.0424. The van der Waals surface area contributed by atoms with Gasteiger partial charge in [0.25, 0.3) is 5.91 Å². The van der Waals surface area contributed by atoms with E-state index in [9.17, 15) is 14.0 Å². The van der Waals surface area contributed by atoms with E-state index >= 15 is 0 Å². The van der Waals surface area contributed by atoms with Crippen molar-refractivity contribution in [3.05, 3.63) is 77.1 Å². The maximum Gasteiger partial charge on any atom is 0.254 e. The fraction of sp³-hybridized carbons (Fsp3) is 0.217. The van der Waals surface area contributed by atoms with Gasteiger partial charge in [-0.1, -0.05) is 54.1 Å². The number of nitrogens with one attached hydrogen (secondary N) is 1. The molecule has 1 N–H and O–H groups in total. The first-order valence-corrected chi connectivity index (χ1v) is 9.94.